The van der Waals surface area contributed by atoms with Gasteiger partial charge in [-0.15, -0.1) is 0 Å². The van der Waals surface area contributed by atoms with Gasteiger partial charge in [0.25, 0.3) is 0 Å². The largest absolute Gasteiger partial charge is 0.396 e. The third-order valence-corrected chi connectivity index (χ3v) is 4.70. The van der Waals surface area contributed by atoms with Crippen LogP contribution in [0.25, 0.3) is 0 Å². The van der Waals surface area contributed by atoms with E-state index in [4.69, 9.17) is 20.4 Å². The van der Waals surface area contributed by atoms with Crippen LogP contribution in [0, 0.1) is 25.7 Å². The van der Waals surface area contributed by atoms with Crippen LogP contribution in [-0.4, -0.2) is 33.6 Å². The van der Waals surface area contributed by atoms with Crippen LogP contribution in [0.5, 0.6) is 0 Å². The Bertz CT molecular complexity index is 435. The number of aliphatic hydroxyl groups excluding tert-OH is 4. The molecule has 0 aromatic heterocycles. The van der Waals surface area contributed by atoms with Crippen LogP contribution in [0.3, 0.4) is 0 Å². The van der Waals surface area contributed by atoms with E-state index >= 15 is 0 Å². The standard InChI is InChI=1S/C10H14O2.C8H16O2/c1-7-3-4-9(5-11)10(6-12)8(7)2;9-5-7-2-1-3-8(4-7)6-10/h3-4,11-12H,5-6H2,1-2H3;7-10H,1-6H2. The van der Waals surface area contributed by atoms with E-state index in [1.54, 1.807) is 0 Å². The molecule has 0 aliphatic heterocycles. The van der Waals surface area contributed by atoms with Gasteiger partial charge in [-0.25, -0.2) is 0 Å². The fraction of sp³-hybridized carbons (Fsp3) is 0.667. The lowest BCUT2D eigenvalue weighted by molar-refractivity contribution is 0.121. The topological polar surface area (TPSA) is 80.9 Å². The average Bonchev–Trinajstić information content (AvgIpc) is 2.57. The lowest BCUT2D eigenvalue weighted by Gasteiger charge is -2.26. The van der Waals surface area contributed by atoms with Gasteiger partial charge in [-0.2, -0.15) is 0 Å². The van der Waals surface area contributed by atoms with Crippen molar-refractivity contribution in [3.05, 3.63) is 34.4 Å². The van der Waals surface area contributed by atoms with Crippen LogP contribution in [0.15, 0.2) is 12.1 Å². The van der Waals surface area contributed by atoms with Crippen molar-refractivity contribution in [2.24, 2.45) is 11.8 Å². The normalized spacial score (nSPS) is 21.2. The predicted octanol–water partition coefficient (Wildman–Crippen LogP) is 2.07. The van der Waals surface area contributed by atoms with Gasteiger partial charge < -0.3 is 20.4 Å². The molecule has 1 aliphatic rings. The summed E-state index contributed by atoms with van der Waals surface area (Å²) in [4.78, 5) is 0. The van der Waals surface area contributed by atoms with Gasteiger partial charge in [-0.3, -0.25) is 0 Å². The van der Waals surface area contributed by atoms with Gasteiger partial charge >= 0.3 is 0 Å². The summed E-state index contributed by atoms with van der Waals surface area (Å²) in [6.45, 7) is 4.56. The van der Waals surface area contributed by atoms with E-state index in [1.807, 2.05) is 26.0 Å². The fourth-order valence-electron chi connectivity index (χ4n) is 3.03. The van der Waals surface area contributed by atoms with Gasteiger partial charge in [0.15, 0.2) is 0 Å². The van der Waals surface area contributed by atoms with E-state index in [1.165, 1.54) is 6.42 Å². The van der Waals surface area contributed by atoms with Crippen LogP contribution in [-0.2, 0) is 13.2 Å². The molecule has 2 atom stereocenters. The molecule has 4 N–H and O–H groups in total. The molecule has 2 rings (SSSR count). The smallest absolute Gasteiger partial charge is 0.0688 e. The zero-order valence-corrected chi connectivity index (χ0v) is 13.8. The molecule has 1 saturated carbocycles. The lowest BCUT2D eigenvalue weighted by Crippen LogP contribution is -2.20. The maximum atomic E-state index is 9.04. The Morgan fingerprint density at radius 3 is 1.95 bits per heavy atom. The van der Waals surface area contributed by atoms with Crippen molar-refractivity contribution in [1.29, 1.82) is 0 Å². The summed E-state index contributed by atoms with van der Waals surface area (Å²) in [5, 5.41) is 35.6. The molecule has 0 bridgehead atoms. The first-order chi connectivity index (χ1) is 10.6. The Hall–Kier alpha value is -0.940. The Kier molecular flexibility index (Phi) is 8.64. The summed E-state index contributed by atoms with van der Waals surface area (Å²) in [6.07, 6.45) is 4.49. The molecule has 1 aromatic carbocycles. The fourth-order valence-corrected chi connectivity index (χ4v) is 3.03. The number of rotatable bonds is 4. The van der Waals surface area contributed by atoms with E-state index in [-0.39, 0.29) is 13.2 Å². The highest BCUT2D eigenvalue weighted by Crippen LogP contribution is 2.27. The monoisotopic (exact) mass is 310 g/mol. The molecule has 0 radical (unpaired) electrons. The highest BCUT2D eigenvalue weighted by atomic mass is 16.3. The van der Waals surface area contributed by atoms with Gasteiger partial charge in [-0.05, 0) is 67.2 Å². The predicted molar refractivity (Wildman–Crippen MR) is 87.4 cm³/mol. The summed E-state index contributed by atoms with van der Waals surface area (Å²) in [5.41, 5.74) is 3.90. The molecule has 0 amide bonds. The van der Waals surface area contributed by atoms with Gasteiger partial charge in [0.05, 0.1) is 13.2 Å². The van der Waals surface area contributed by atoms with E-state index in [0.717, 1.165) is 41.5 Å². The van der Waals surface area contributed by atoms with Gasteiger partial charge in [0, 0.05) is 13.2 Å². The molecule has 1 aromatic rings. The average molecular weight is 310 g/mol. The quantitative estimate of drug-likeness (QED) is 0.686. The Morgan fingerprint density at radius 2 is 1.50 bits per heavy atom. The third kappa shape index (κ3) is 5.36. The molecule has 2 unspecified atom stereocenters. The number of aliphatic hydroxyl groups is 4. The second-order valence-electron chi connectivity index (χ2n) is 6.23. The maximum Gasteiger partial charge on any atom is 0.0688 e. The van der Waals surface area contributed by atoms with Crippen LogP contribution in [0.1, 0.15) is 47.9 Å². The van der Waals surface area contributed by atoms with E-state index < -0.39 is 0 Å². The summed E-state index contributed by atoms with van der Waals surface area (Å²) < 4.78 is 0. The Morgan fingerprint density at radius 1 is 0.909 bits per heavy atom. The van der Waals surface area contributed by atoms with Crippen molar-refractivity contribution in [2.45, 2.75) is 52.7 Å². The zero-order chi connectivity index (χ0) is 16.5. The van der Waals surface area contributed by atoms with Gasteiger partial charge in [-0.1, -0.05) is 18.6 Å². The summed E-state index contributed by atoms with van der Waals surface area (Å²) in [5.74, 6) is 0.928. The minimum Gasteiger partial charge on any atom is -0.396 e. The van der Waals surface area contributed by atoms with Gasteiger partial charge in [0.2, 0.25) is 0 Å². The van der Waals surface area contributed by atoms with Crippen molar-refractivity contribution in [1.82, 2.24) is 0 Å². The molecule has 4 nitrogen and oxygen atoms in total. The first-order valence-electron chi connectivity index (χ1n) is 8.08. The molecule has 0 spiro atoms. The molecule has 22 heavy (non-hydrogen) atoms. The molecule has 4 heteroatoms. The molecule has 0 heterocycles. The molecule has 0 saturated heterocycles. The second kappa shape index (κ2) is 9.95. The SMILES string of the molecule is Cc1ccc(CO)c(CO)c1C.OCC1CCCC(CO)C1. The van der Waals surface area contributed by atoms with E-state index in [2.05, 4.69) is 0 Å². The third-order valence-electron chi connectivity index (χ3n) is 4.70. The summed E-state index contributed by atoms with van der Waals surface area (Å²) in [7, 11) is 0. The minimum absolute atomic E-state index is 0.00296. The molecule has 1 aliphatic carbocycles. The highest BCUT2D eigenvalue weighted by Gasteiger charge is 2.20. The second-order valence-corrected chi connectivity index (χ2v) is 6.23. The van der Waals surface area contributed by atoms with E-state index in [0.29, 0.717) is 25.0 Å². The Balaban J connectivity index is 0.000000224. The number of benzene rings is 1. The number of hydrogen-bond donors (Lipinski definition) is 4. The van der Waals surface area contributed by atoms with Crippen molar-refractivity contribution in [3.63, 3.8) is 0 Å². The first-order valence-corrected chi connectivity index (χ1v) is 8.08. The molecule has 126 valence electrons. The van der Waals surface area contributed by atoms with Crippen molar-refractivity contribution < 1.29 is 20.4 Å². The molecule has 1 fully saturated rings. The van der Waals surface area contributed by atoms with Crippen LogP contribution < -0.4 is 0 Å². The van der Waals surface area contributed by atoms with Crippen LogP contribution >= 0.6 is 0 Å². The first kappa shape index (κ1) is 19.1. The van der Waals surface area contributed by atoms with E-state index in [9.17, 15) is 0 Å². The van der Waals surface area contributed by atoms with Crippen molar-refractivity contribution in [2.75, 3.05) is 13.2 Å². The number of aryl methyl sites for hydroxylation is 1. The maximum absolute atomic E-state index is 9.04. The van der Waals surface area contributed by atoms with Crippen molar-refractivity contribution in [3.8, 4) is 0 Å². The van der Waals surface area contributed by atoms with Crippen LogP contribution in [0.4, 0.5) is 0 Å². The lowest BCUT2D eigenvalue weighted by atomic mass is 9.82. The van der Waals surface area contributed by atoms with Gasteiger partial charge in [0.1, 0.15) is 0 Å². The minimum atomic E-state index is -0.00296. The summed E-state index contributed by atoms with van der Waals surface area (Å²) in [6, 6.07) is 3.81. The summed E-state index contributed by atoms with van der Waals surface area (Å²) >= 11 is 0. The number of hydrogen-bond acceptors (Lipinski definition) is 4. The van der Waals surface area contributed by atoms with Crippen LogP contribution in [0.2, 0.25) is 0 Å². The van der Waals surface area contributed by atoms with Crippen molar-refractivity contribution >= 4 is 0 Å². The molecular weight excluding hydrogens is 280 g/mol. The Labute approximate surface area is 133 Å². The zero-order valence-electron chi connectivity index (χ0n) is 13.8. The molecular formula is C18H30O4. The highest BCUT2D eigenvalue weighted by molar-refractivity contribution is 5.38.